The first-order chi connectivity index (χ1) is 8.15. The van der Waals surface area contributed by atoms with Gasteiger partial charge in [-0.3, -0.25) is 4.79 Å². The molecule has 0 saturated carbocycles. The summed E-state index contributed by atoms with van der Waals surface area (Å²) in [5, 5.41) is 2.63. The number of hydrogen-bond acceptors (Lipinski definition) is 1. The second-order valence-electron chi connectivity index (χ2n) is 3.55. The van der Waals surface area contributed by atoms with E-state index in [9.17, 15) is 9.18 Å². The molecule has 0 aliphatic carbocycles. The summed E-state index contributed by atoms with van der Waals surface area (Å²) in [7, 11) is 0. The number of benzene rings is 1. The average Bonchev–Trinajstić information content (AvgIpc) is 2.76. The molecule has 0 radical (unpaired) electrons. The molecule has 1 amide bonds. The molecule has 1 aromatic heterocycles. The maximum absolute atomic E-state index is 12.9. The van der Waals surface area contributed by atoms with Crippen molar-refractivity contribution < 1.29 is 9.18 Å². The lowest BCUT2D eigenvalue weighted by Gasteiger charge is -2.05. The Bertz CT molecular complexity index is 525. The number of aromatic amines is 1. The van der Waals surface area contributed by atoms with Crippen LogP contribution in [0.2, 0.25) is 5.02 Å². The van der Waals surface area contributed by atoms with Crippen molar-refractivity contribution in [1.82, 2.24) is 4.98 Å². The van der Waals surface area contributed by atoms with Gasteiger partial charge in [-0.25, -0.2) is 4.39 Å². The minimum Gasteiger partial charge on any atom is -0.365 e. The summed E-state index contributed by atoms with van der Waals surface area (Å²) < 4.78 is 12.9. The summed E-state index contributed by atoms with van der Waals surface area (Å²) >= 11 is 5.61. The number of aromatic nitrogens is 1. The predicted octanol–water partition coefficient (Wildman–Crippen LogP) is 2.99. The van der Waals surface area contributed by atoms with Crippen molar-refractivity contribution in [3.8, 4) is 0 Å². The monoisotopic (exact) mass is 252 g/mol. The zero-order valence-corrected chi connectivity index (χ0v) is 9.59. The number of carbonyl (C=O) groups is 1. The van der Waals surface area contributed by atoms with E-state index in [1.165, 1.54) is 18.2 Å². The highest BCUT2D eigenvalue weighted by atomic mass is 35.5. The fraction of sp³-hybridized carbons (Fsp3) is 0.0833. The fourth-order valence-corrected chi connectivity index (χ4v) is 1.61. The highest BCUT2D eigenvalue weighted by molar-refractivity contribution is 6.31. The summed E-state index contributed by atoms with van der Waals surface area (Å²) in [6.07, 6.45) is 1.99. The van der Waals surface area contributed by atoms with Crippen molar-refractivity contribution in [3.05, 3.63) is 53.1 Å². The van der Waals surface area contributed by atoms with Gasteiger partial charge in [-0.15, -0.1) is 0 Å². The normalized spacial score (nSPS) is 10.2. The molecule has 2 aromatic rings. The van der Waals surface area contributed by atoms with E-state index in [2.05, 4.69) is 10.3 Å². The topological polar surface area (TPSA) is 44.9 Å². The molecule has 88 valence electrons. The Morgan fingerprint density at radius 1 is 1.41 bits per heavy atom. The maximum Gasteiger partial charge on any atom is 0.230 e. The molecule has 2 rings (SSSR count). The number of rotatable bonds is 3. The Balaban J connectivity index is 2.00. The van der Waals surface area contributed by atoms with E-state index in [0.717, 1.165) is 5.69 Å². The minimum absolute atomic E-state index is 0.0114. The van der Waals surface area contributed by atoms with Crippen molar-refractivity contribution in [2.75, 3.05) is 5.32 Å². The van der Waals surface area contributed by atoms with Gasteiger partial charge in [0.1, 0.15) is 5.82 Å². The van der Waals surface area contributed by atoms with Crippen molar-refractivity contribution in [2.45, 2.75) is 6.42 Å². The van der Waals surface area contributed by atoms with Gasteiger partial charge >= 0.3 is 0 Å². The Morgan fingerprint density at radius 3 is 2.88 bits per heavy atom. The standard InChI is InChI=1S/C12H10ClFN2O/c13-10-6-9(3-4-11(10)14)16-12(17)7-8-2-1-5-15-8/h1-6,15H,7H2,(H,16,17). The van der Waals surface area contributed by atoms with Crippen LogP contribution >= 0.6 is 11.6 Å². The van der Waals surface area contributed by atoms with Crippen LogP contribution in [0.5, 0.6) is 0 Å². The SMILES string of the molecule is O=C(Cc1ccc[nH]1)Nc1ccc(F)c(Cl)c1. The third-order valence-electron chi connectivity index (χ3n) is 2.22. The quantitative estimate of drug-likeness (QED) is 0.867. The van der Waals surface area contributed by atoms with Gasteiger partial charge in [-0.05, 0) is 30.3 Å². The third kappa shape index (κ3) is 3.07. The Kier molecular flexibility index (Phi) is 3.44. The van der Waals surface area contributed by atoms with Gasteiger partial charge < -0.3 is 10.3 Å². The highest BCUT2D eigenvalue weighted by Crippen LogP contribution is 2.19. The smallest absolute Gasteiger partial charge is 0.230 e. The van der Waals surface area contributed by atoms with Crippen molar-refractivity contribution >= 4 is 23.2 Å². The summed E-state index contributed by atoms with van der Waals surface area (Å²) in [6, 6.07) is 7.69. The van der Waals surface area contributed by atoms with E-state index in [4.69, 9.17) is 11.6 Å². The molecule has 0 unspecified atom stereocenters. The zero-order chi connectivity index (χ0) is 12.3. The second-order valence-corrected chi connectivity index (χ2v) is 3.96. The lowest BCUT2D eigenvalue weighted by Crippen LogP contribution is -2.14. The van der Waals surface area contributed by atoms with Crippen LogP contribution in [-0.2, 0) is 11.2 Å². The van der Waals surface area contributed by atoms with E-state index in [-0.39, 0.29) is 17.4 Å². The number of hydrogen-bond donors (Lipinski definition) is 2. The van der Waals surface area contributed by atoms with E-state index in [0.29, 0.717) is 5.69 Å². The number of carbonyl (C=O) groups excluding carboxylic acids is 1. The summed E-state index contributed by atoms with van der Waals surface area (Å²) in [6.45, 7) is 0. The second kappa shape index (κ2) is 5.01. The van der Waals surface area contributed by atoms with Crippen LogP contribution < -0.4 is 5.32 Å². The number of halogens is 2. The van der Waals surface area contributed by atoms with Gasteiger partial charge in [-0.1, -0.05) is 11.6 Å². The molecule has 17 heavy (non-hydrogen) atoms. The van der Waals surface area contributed by atoms with Crippen molar-refractivity contribution in [2.24, 2.45) is 0 Å². The molecule has 0 aliphatic rings. The average molecular weight is 253 g/mol. The van der Waals surface area contributed by atoms with Gasteiger partial charge in [0.25, 0.3) is 0 Å². The van der Waals surface area contributed by atoms with E-state index in [1.807, 2.05) is 12.1 Å². The molecule has 1 aromatic carbocycles. The van der Waals surface area contributed by atoms with Crippen LogP contribution in [0.4, 0.5) is 10.1 Å². The molecule has 0 bridgehead atoms. The van der Waals surface area contributed by atoms with Gasteiger partial charge in [0.05, 0.1) is 11.4 Å². The molecule has 0 spiro atoms. The number of nitrogens with one attached hydrogen (secondary N) is 2. The molecule has 0 aliphatic heterocycles. The largest absolute Gasteiger partial charge is 0.365 e. The molecule has 5 heteroatoms. The number of H-pyrrole nitrogens is 1. The van der Waals surface area contributed by atoms with Crippen LogP contribution in [-0.4, -0.2) is 10.9 Å². The first-order valence-electron chi connectivity index (χ1n) is 5.02. The van der Waals surface area contributed by atoms with Gasteiger partial charge in [0.2, 0.25) is 5.91 Å². The summed E-state index contributed by atoms with van der Waals surface area (Å²) in [5.41, 5.74) is 1.30. The van der Waals surface area contributed by atoms with E-state index < -0.39 is 5.82 Å². The van der Waals surface area contributed by atoms with Gasteiger partial charge in [-0.2, -0.15) is 0 Å². The first-order valence-corrected chi connectivity index (χ1v) is 5.40. The van der Waals surface area contributed by atoms with Crippen molar-refractivity contribution in [3.63, 3.8) is 0 Å². The Hall–Kier alpha value is -1.81. The van der Waals surface area contributed by atoms with Crippen LogP contribution in [0, 0.1) is 5.82 Å². The van der Waals surface area contributed by atoms with Gasteiger partial charge in [0.15, 0.2) is 0 Å². The summed E-state index contributed by atoms with van der Waals surface area (Å²) in [4.78, 5) is 14.5. The molecule has 2 N–H and O–H groups in total. The number of amides is 1. The van der Waals surface area contributed by atoms with Crippen LogP contribution in [0.1, 0.15) is 5.69 Å². The molecule has 0 saturated heterocycles. The Labute approximate surface area is 103 Å². The van der Waals surface area contributed by atoms with Crippen LogP contribution in [0.15, 0.2) is 36.5 Å². The van der Waals surface area contributed by atoms with E-state index in [1.54, 1.807) is 6.20 Å². The molecule has 1 heterocycles. The van der Waals surface area contributed by atoms with Crippen LogP contribution in [0.25, 0.3) is 0 Å². The summed E-state index contributed by atoms with van der Waals surface area (Å²) in [5.74, 6) is -0.691. The predicted molar refractivity (Wildman–Crippen MR) is 64.5 cm³/mol. The van der Waals surface area contributed by atoms with E-state index >= 15 is 0 Å². The molecule has 0 fully saturated rings. The van der Waals surface area contributed by atoms with Gasteiger partial charge in [0, 0.05) is 17.6 Å². The lowest BCUT2D eigenvalue weighted by molar-refractivity contribution is -0.115. The molecular formula is C12H10ClFN2O. The zero-order valence-electron chi connectivity index (χ0n) is 8.84. The highest BCUT2D eigenvalue weighted by Gasteiger charge is 2.06. The van der Waals surface area contributed by atoms with Crippen molar-refractivity contribution in [1.29, 1.82) is 0 Å². The van der Waals surface area contributed by atoms with Crippen LogP contribution in [0.3, 0.4) is 0 Å². The first kappa shape index (κ1) is 11.7. The number of anilines is 1. The molecule has 0 atom stereocenters. The minimum atomic E-state index is -0.506. The third-order valence-corrected chi connectivity index (χ3v) is 2.51. The molecule has 3 nitrogen and oxygen atoms in total. The fourth-order valence-electron chi connectivity index (χ4n) is 1.43. The molecular weight excluding hydrogens is 243 g/mol. The Morgan fingerprint density at radius 2 is 2.24 bits per heavy atom. The lowest BCUT2D eigenvalue weighted by atomic mass is 10.2. The maximum atomic E-state index is 12.9.